The zero-order valence-electron chi connectivity index (χ0n) is 15.4. The van der Waals surface area contributed by atoms with Gasteiger partial charge in [-0.1, -0.05) is 5.16 Å². The van der Waals surface area contributed by atoms with E-state index in [4.69, 9.17) is 0 Å². The zero-order chi connectivity index (χ0) is 22.0. The van der Waals surface area contributed by atoms with Gasteiger partial charge in [-0.3, -0.25) is 14.3 Å². The van der Waals surface area contributed by atoms with E-state index in [1.54, 1.807) is 12.1 Å². The first-order valence-electron chi connectivity index (χ1n) is 8.66. The Labute approximate surface area is 171 Å². The SMILES string of the molecule is O=C(Cn1c(-c2cccnc2)noc1=O)Nc1cc(C(F)(F)F)ccc1-n1cncn1. The van der Waals surface area contributed by atoms with Crippen molar-refractivity contribution in [3.63, 3.8) is 0 Å². The standard InChI is InChI=1S/C18H12F3N7O3/c19-18(20,21)12-3-4-14(28-10-23-9-24-28)13(6-12)25-15(29)8-27-16(26-31-17(27)30)11-2-1-5-22-7-11/h1-7,9-10H,8H2,(H,25,29). The zero-order valence-corrected chi connectivity index (χ0v) is 15.4. The van der Waals surface area contributed by atoms with E-state index < -0.39 is 29.9 Å². The minimum absolute atomic E-state index is 0.0498. The molecule has 4 rings (SSSR count). The van der Waals surface area contributed by atoms with Crippen molar-refractivity contribution in [3.05, 3.63) is 71.5 Å². The fourth-order valence-electron chi connectivity index (χ4n) is 2.79. The van der Waals surface area contributed by atoms with Crippen molar-refractivity contribution in [1.82, 2.24) is 29.5 Å². The molecule has 0 unspecified atom stereocenters. The Kier molecular flexibility index (Phi) is 5.07. The van der Waals surface area contributed by atoms with Crippen molar-refractivity contribution in [2.75, 3.05) is 5.32 Å². The molecule has 1 N–H and O–H groups in total. The largest absolute Gasteiger partial charge is 0.442 e. The van der Waals surface area contributed by atoms with Crippen molar-refractivity contribution in [2.45, 2.75) is 12.7 Å². The average molecular weight is 431 g/mol. The maximum Gasteiger partial charge on any atom is 0.442 e. The molecule has 4 aromatic rings. The summed E-state index contributed by atoms with van der Waals surface area (Å²) >= 11 is 0. The fourth-order valence-corrected chi connectivity index (χ4v) is 2.79. The van der Waals surface area contributed by atoms with E-state index in [-0.39, 0.29) is 17.2 Å². The van der Waals surface area contributed by atoms with Gasteiger partial charge < -0.3 is 5.32 Å². The maximum atomic E-state index is 13.2. The van der Waals surface area contributed by atoms with Crippen molar-refractivity contribution >= 4 is 11.6 Å². The molecular formula is C18H12F3N7O3. The number of halogens is 3. The van der Waals surface area contributed by atoms with Crippen molar-refractivity contribution in [1.29, 1.82) is 0 Å². The maximum absolute atomic E-state index is 13.2. The van der Waals surface area contributed by atoms with Gasteiger partial charge in [0.2, 0.25) is 5.91 Å². The van der Waals surface area contributed by atoms with Crippen LogP contribution in [0.25, 0.3) is 17.1 Å². The number of rotatable bonds is 5. The van der Waals surface area contributed by atoms with E-state index >= 15 is 0 Å². The lowest BCUT2D eigenvalue weighted by Crippen LogP contribution is -2.26. The Bertz CT molecular complexity index is 1260. The first-order chi connectivity index (χ1) is 14.8. The molecule has 0 saturated carbocycles. The number of hydrogen-bond donors (Lipinski definition) is 1. The van der Waals surface area contributed by atoms with Crippen LogP contribution in [0.15, 0.2) is 64.7 Å². The lowest BCUT2D eigenvalue weighted by atomic mass is 10.1. The van der Waals surface area contributed by atoms with Crippen LogP contribution in [0, 0.1) is 0 Å². The molecule has 0 aliphatic heterocycles. The van der Waals surface area contributed by atoms with Gasteiger partial charge in [-0.05, 0) is 30.3 Å². The minimum Gasteiger partial charge on any atom is -0.323 e. The van der Waals surface area contributed by atoms with Crippen molar-refractivity contribution in [2.24, 2.45) is 0 Å². The highest BCUT2D eigenvalue weighted by Gasteiger charge is 2.31. The summed E-state index contributed by atoms with van der Waals surface area (Å²) < 4.78 is 46.2. The monoisotopic (exact) mass is 431 g/mol. The fraction of sp³-hybridized carbons (Fsp3) is 0.111. The molecule has 31 heavy (non-hydrogen) atoms. The summed E-state index contributed by atoms with van der Waals surface area (Å²) in [4.78, 5) is 32.3. The number of aromatic nitrogens is 6. The Morgan fingerprint density at radius 3 is 2.71 bits per heavy atom. The Hall–Kier alpha value is -4.29. The number of benzene rings is 1. The smallest absolute Gasteiger partial charge is 0.323 e. The molecule has 0 fully saturated rings. The summed E-state index contributed by atoms with van der Waals surface area (Å²) in [5.41, 5.74) is -0.560. The van der Waals surface area contributed by atoms with Crippen LogP contribution < -0.4 is 11.1 Å². The van der Waals surface area contributed by atoms with Gasteiger partial charge in [-0.25, -0.2) is 19.0 Å². The van der Waals surface area contributed by atoms with Crippen LogP contribution in [0.1, 0.15) is 5.56 Å². The van der Waals surface area contributed by atoms with Gasteiger partial charge in [-0.2, -0.15) is 18.3 Å². The number of carbonyl (C=O) groups is 1. The molecule has 13 heteroatoms. The van der Waals surface area contributed by atoms with E-state index in [9.17, 15) is 22.8 Å². The summed E-state index contributed by atoms with van der Waals surface area (Å²) in [7, 11) is 0. The first kappa shape index (κ1) is 20.0. The van der Waals surface area contributed by atoms with Crippen LogP contribution in [0.3, 0.4) is 0 Å². The topological polar surface area (TPSA) is 121 Å². The van der Waals surface area contributed by atoms with Gasteiger partial charge in [-0.15, -0.1) is 0 Å². The van der Waals surface area contributed by atoms with E-state index in [1.165, 1.54) is 29.7 Å². The molecule has 0 bridgehead atoms. The predicted octanol–water partition coefficient (Wildman–Crippen LogP) is 2.14. The Balaban J connectivity index is 1.65. The molecule has 3 aromatic heterocycles. The summed E-state index contributed by atoms with van der Waals surface area (Å²) in [6.07, 6.45) is 0.766. The summed E-state index contributed by atoms with van der Waals surface area (Å²) in [6, 6.07) is 5.99. The second-order valence-electron chi connectivity index (χ2n) is 6.22. The van der Waals surface area contributed by atoms with Crippen LogP contribution in [-0.4, -0.2) is 35.4 Å². The minimum atomic E-state index is -4.63. The van der Waals surface area contributed by atoms with Crippen LogP contribution in [0.2, 0.25) is 0 Å². The normalized spacial score (nSPS) is 11.5. The average Bonchev–Trinajstić information content (AvgIpc) is 3.39. The predicted molar refractivity (Wildman–Crippen MR) is 99.0 cm³/mol. The lowest BCUT2D eigenvalue weighted by molar-refractivity contribution is -0.137. The van der Waals surface area contributed by atoms with Gasteiger partial charge in [0.05, 0.1) is 16.9 Å². The number of anilines is 1. The van der Waals surface area contributed by atoms with Gasteiger partial charge in [0.1, 0.15) is 19.2 Å². The molecule has 158 valence electrons. The second-order valence-corrected chi connectivity index (χ2v) is 6.22. The van der Waals surface area contributed by atoms with Crippen LogP contribution in [-0.2, 0) is 17.5 Å². The molecule has 0 aliphatic rings. The third kappa shape index (κ3) is 4.19. The van der Waals surface area contributed by atoms with E-state index in [0.29, 0.717) is 5.56 Å². The number of amides is 1. The number of hydrogen-bond acceptors (Lipinski definition) is 7. The second kappa shape index (κ2) is 7.85. The summed E-state index contributed by atoms with van der Waals surface area (Å²) in [5.74, 6) is -1.64. The highest BCUT2D eigenvalue weighted by molar-refractivity contribution is 5.93. The van der Waals surface area contributed by atoms with E-state index in [1.807, 2.05) is 0 Å². The van der Waals surface area contributed by atoms with Gasteiger partial charge in [0.15, 0.2) is 5.82 Å². The molecular weight excluding hydrogens is 419 g/mol. The number of nitrogens with one attached hydrogen (secondary N) is 1. The quantitative estimate of drug-likeness (QED) is 0.514. The molecule has 3 heterocycles. The van der Waals surface area contributed by atoms with Crippen LogP contribution >= 0.6 is 0 Å². The molecule has 0 aliphatic carbocycles. The van der Waals surface area contributed by atoms with Crippen molar-refractivity contribution < 1.29 is 22.5 Å². The van der Waals surface area contributed by atoms with E-state index in [0.717, 1.165) is 22.8 Å². The molecule has 0 radical (unpaired) electrons. The van der Waals surface area contributed by atoms with Gasteiger partial charge in [0.25, 0.3) is 0 Å². The third-order valence-corrected chi connectivity index (χ3v) is 4.17. The highest BCUT2D eigenvalue weighted by atomic mass is 19.4. The number of alkyl halides is 3. The Morgan fingerprint density at radius 2 is 2.03 bits per heavy atom. The third-order valence-electron chi connectivity index (χ3n) is 4.17. The Morgan fingerprint density at radius 1 is 1.19 bits per heavy atom. The molecule has 0 spiro atoms. The summed E-state index contributed by atoms with van der Waals surface area (Å²) in [6.45, 7) is -0.556. The molecule has 0 saturated heterocycles. The molecule has 1 aromatic carbocycles. The molecule has 10 nitrogen and oxygen atoms in total. The van der Waals surface area contributed by atoms with Gasteiger partial charge in [0, 0.05) is 18.0 Å². The number of nitrogens with zero attached hydrogens (tertiary/aromatic N) is 6. The number of pyridine rings is 1. The van der Waals surface area contributed by atoms with Crippen molar-refractivity contribution in [3.8, 4) is 17.1 Å². The van der Waals surface area contributed by atoms with Crippen LogP contribution in [0.5, 0.6) is 0 Å². The lowest BCUT2D eigenvalue weighted by Gasteiger charge is -2.14. The summed E-state index contributed by atoms with van der Waals surface area (Å²) in [5, 5.41) is 9.89. The number of carbonyl (C=O) groups excluding carboxylic acids is 1. The molecule has 1 amide bonds. The van der Waals surface area contributed by atoms with Gasteiger partial charge >= 0.3 is 11.9 Å². The first-order valence-corrected chi connectivity index (χ1v) is 8.66. The van der Waals surface area contributed by atoms with Crippen LogP contribution in [0.4, 0.5) is 18.9 Å². The molecule has 0 atom stereocenters. The van der Waals surface area contributed by atoms with E-state index in [2.05, 4.69) is 30.1 Å². The highest BCUT2D eigenvalue weighted by Crippen LogP contribution is 2.33.